The van der Waals surface area contributed by atoms with Gasteiger partial charge in [0.15, 0.2) is 11.6 Å². The van der Waals surface area contributed by atoms with Crippen LogP contribution in [0.3, 0.4) is 0 Å². The standard InChI is InChI=1S/C14H20FNO4S/c1-20-14-7-6-12(8-13(14)15)21(18,19)16-9-10-2-4-11(17)5-3-10/h6-8,10-11,16-17H,2-5,9H2,1H3. The maximum absolute atomic E-state index is 13.6. The molecule has 0 aliphatic heterocycles. The van der Waals surface area contributed by atoms with Gasteiger partial charge in [0.2, 0.25) is 10.0 Å². The molecule has 5 nitrogen and oxygen atoms in total. The highest BCUT2D eigenvalue weighted by Gasteiger charge is 2.22. The van der Waals surface area contributed by atoms with Crippen LogP contribution in [0.1, 0.15) is 25.7 Å². The third-order valence-electron chi connectivity index (χ3n) is 3.81. The Morgan fingerprint density at radius 1 is 1.33 bits per heavy atom. The summed E-state index contributed by atoms with van der Waals surface area (Å²) in [4.78, 5) is -0.114. The molecule has 7 heteroatoms. The van der Waals surface area contributed by atoms with Gasteiger partial charge in [0.1, 0.15) is 0 Å². The molecule has 118 valence electrons. The Morgan fingerprint density at radius 3 is 2.57 bits per heavy atom. The van der Waals surface area contributed by atoms with Crippen molar-refractivity contribution >= 4 is 10.0 Å². The smallest absolute Gasteiger partial charge is 0.240 e. The van der Waals surface area contributed by atoms with Crippen LogP contribution in [-0.4, -0.2) is 33.3 Å². The quantitative estimate of drug-likeness (QED) is 0.866. The molecule has 0 heterocycles. The van der Waals surface area contributed by atoms with Gasteiger partial charge in [-0.25, -0.2) is 17.5 Å². The van der Waals surface area contributed by atoms with Crippen molar-refractivity contribution in [1.29, 1.82) is 0 Å². The molecule has 0 atom stereocenters. The van der Waals surface area contributed by atoms with Crippen LogP contribution in [-0.2, 0) is 10.0 Å². The normalized spacial score (nSPS) is 23.0. The van der Waals surface area contributed by atoms with Crippen molar-refractivity contribution in [2.75, 3.05) is 13.7 Å². The second kappa shape index (κ2) is 6.72. The van der Waals surface area contributed by atoms with Crippen LogP contribution in [0.25, 0.3) is 0 Å². The SMILES string of the molecule is COc1ccc(S(=O)(=O)NCC2CCC(O)CC2)cc1F. The van der Waals surface area contributed by atoms with E-state index in [2.05, 4.69) is 4.72 Å². The number of rotatable bonds is 5. The van der Waals surface area contributed by atoms with E-state index in [1.807, 2.05) is 0 Å². The molecule has 0 aromatic heterocycles. The first-order valence-electron chi connectivity index (χ1n) is 6.93. The van der Waals surface area contributed by atoms with Gasteiger partial charge in [-0.1, -0.05) is 0 Å². The van der Waals surface area contributed by atoms with Crippen molar-refractivity contribution in [1.82, 2.24) is 4.72 Å². The molecule has 2 rings (SSSR count). The number of nitrogens with one attached hydrogen (secondary N) is 1. The Labute approximate surface area is 124 Å². The van der Waals surface area contributed by atoms with Gasteiger partial charge >= 0.3 is 0 Å². The molecule has 0 bridgehead atoms. The van der Waals surface area contributed by atoms with E-state index in [-0.39, 0.29) is 22.7 Å². The first-order chi connectivity index (χ1) is 9.92. The highest BCUT2D eigenvalue weighted by atomic mass is 32.2. The van der Waals surface area contributed by atoms with Crippen molar-refractivity contribution in [2.45, 2.75) is 36.7 Å². The fourth-order valence-electron chi connectivity index (χ4n) is 2.47. The number of benzene rings is 1. The van der Waals surface area contributed by atoms with Crippen LogP contribution >= 0.6 is 0 Å². The van der Waals surface area contributed by atoms with Gasteiger partial charge in [-0.2, -0.15) is 0 Å². The average molecular weight is 317 g/mol. The summed E-state index contributed by atoms with van der Waals surface area (Å²) in [5.41, 5.74) is 0. The molecule has 21 heavy (non-hydrogen) atoms. The van der Waals surface area contributed by atoms with Gasteiger partial charge in [-0.05, 0) is 49.8 Å². The van der Waals surface area contributed by atoms with Crippen molar-refractivity contribution in [3.63, 3.8) is 0 Å². The Kier molecular flexibility index (Phi) is 5.18. The van der Waals surface area contributed by atoms with Gasteiger partial charge in [0.25, 0.3) is 0 Å². The van der Waals surface area contributed by atoms with Gasteiger partial charge in [-0.15, -0.1) is 0 Å². The zero-order chi connectivity index (χ0) is 15.5. The summed E-state index contributed by atoms with van der Waals surface area (Å²) in [5.74, 6) is -0.484. The lowest BCUT2D eigenvalue weighted by atomic mass is 9.88. The first kappa shape index (κ1) is 16.2. The minimum absolute atomic E-state index is 0.00946. The van der Waals surface area contributed by atoms with Crippen LogP contribution in [0, 0.1) is 11.7 Å². The number of sulfonamides is 1. The van der Waals surface area contributed by atoms with Crippen LogP contribution in [0.5, 0.6) is 5.75 Å². The van der Waals surface area contributed by atoms with E-state index >= 15 is 0 Å². The summed E-state index contributed by atoms with van der Waals surface area (Å²) in [6.07, 6.45) is 2.71. The third kappa shape index (κ3) is 4.15. The van der Waals surface area contributed by atoms with Crippen molar-refractivity contribution in [3.05, 3.63) is 24.0 Å². The van der Waals surface area contributed by atoms with Crippen LogP contribution < -0.4 is 9.46 Å². The van der Waals surface area contributed by atoms with E-state index in [0.29, 0.717) is 19.4 Å². The number of hydrogen-bond donors (Lipinski definition) is 2. The second-order valence-electron chi connectivity index (χ2n) is 5.32. The topological polar surface area (TPSA) is 75.6 Å². The summed E-state index contributed by atoms with van der Waals surface area (Å²) in [6.45, 7) is 0.308. The zero-order valence-electron chi connectivity index (χ0n) is 11.9. The van der Waals surface area contributed by atoms with E-state index in [1.54, 1.807) is 0 Å². The predicted octanol–water partition coefficient (Wildman–Crippen LogP) is 1.66. The summed E-state index contributed by atoms with van der Waals surface area (Å²) in [5, 5.41) is 9.42. The van der Waals surface area contributed by atoms with Crippen molar-refractivity contribution in [2.24, 2.45) is 5.92 Å². The summed E-state index contributed by atoms with van der Waals surface area (Å²) in [6, 6.07) is 3.56. The molecular formula is C14H20FNO4S. The zero-order valence-corrected chi connectivity index (χ0v) is 12.7. The molecule has 0 saturated heterocycles. The Balaban J connectivity index is 2.00. The Hall–Kier alpha value is -1.18. The minimum Gasteiger partial charge on any atom is -0.494 e. The first-order valence-corrected chi connectivity index (χ1v) is 8.42. The molecule has 1 aromatic carbocycles. The molecule has 0 spiro atoms. The lowest BCUT2D eigenvalue weighted by Crippen LogP contribution is -2.32. The van der Waals surface area contributed by atoms with Gasteiger partial charge in [0, 0.05) is 6.54 Å². The highest BCUT2D eigenvalue weighted by Crippen LogP contribution is 2.24. The van der Waals surface area contributed by atoms with Gasteiger partial charge < -0.3 is 9.84 Å². The van der Waals surface area contributed by atoms with Crippen LogP contribution in [0.4, 0.5) is 4.39 Å². The molecule has 1 fully saturated rings. The Morgan fingerprint density at radius 2 is 2.00 bits per heavy atom. The molecule has 1 aliphatic rings. The average Bonchev–Trinajstić information content (AvgIpc) is 2.46. The molecule has 0 amide bonds. The Bertz CT molecular complexity index is 583. The van der Waals surface area contributed by atoms with Gasteiger partial charge in [-0.3, -0.25) is 0 Å². The second-order valence-corrected chi connectivity index (χ2v) is 7.09. The van der Waals surface area contributed by atoms with Crippen LogP contribution in [0.15, 0.2) is 23.1 Å². The lowest BCUT2D eigenvalue weighted by Gasteiger charge is -2.25. The van der Waals surface area contributed by atoms with E-state index < -0.39 is 15.8 Å². The van der Waals surface area contributed by atoms with E-state index in [0.717, 1.165) is 18.9 Å². The molecule has 1 aliphatic carbocycles. The number of aliphatic hydroxyl groups excluding tert-OH is 1. The highest BCUT2D eigenvalue weighted by molar-refractivity contribution is 7.89. The number of methoxy groups -OCH3 is 1. The van der Waals surface area contributed by atoms with Gasteiger partial charge in [0.05, 0.1) is 18.1 Å². The summed E-state index contributed by atoms with van der Waals surface area (Å²) < 4.78 is 45.1. The van der Waals surface area contributed by atoms with Crippen LogP contribution in [0.2, 0.25) is 0 Å². The summed E-state index contributed by atoms with van der Waals surface area (Å²) in [7, 11) is -2.41. The monoisotopic (exact) mass is 317 g/mol. The molecular weight excluding hydrogens is 297 g/mol. The number of aliphatic hydroxyl groups is 1. The fourth-order valence-corrected chi connectivity index (χ4v) is 3.60. The van der Waals surface area contributed by atoms with Crippen molar-refractivity contribution < 1.29 is 22.7 Å². The largest absolute Gasteiger partial charge is 0.494 e. The summed E-state index contributed by atoms with van der Waals surface area (Å²) >= 11 is 0. The minimum atomic E-state index is -3.73. The maximum atomic E-state index is 13.6. The molecule has 2 N–H and O–H groups in total. The molecule has 0 unspecified atom stereocenters. The van der Waals surface area contributed by atoms with E-state index in [4.69, 9.17) is 4.74 Å². The number of halogens is 1. The van der Waals surface area contributed by atoms with E-state index in [1.165, 1.54) is 19.2 Å². The lowest BCUT2D eigenvalue weighted by molar-refractivity contribution is 0.109. The predicted molar refractivity (Wildman–Crippen MR) is 76.1 cm³/mol. The fraction of sp³-hybridized carbons (Fsp3) is 0.571. The third-order valence-corrected chi connectivity index (χ3v) is 5.23. The number of hydrogen-bond acceptors (Lipinski definition) is 4. The van der Waals surface area contributed by atoms with Crippen molar-refractivity contribution in [3.8, 4) is 5.75 Å². The number of ether oxygens (including phenoxy) is 1. The maximum Gasteiger partial charge on any atom is 0.240 e. The molecule has 1 aromatic rings. The molecule has 0 radical (unpaired) electrons. The van der Waals surface area contributed by atoms with E-state index in [9.17, 15) is 17.9 Å². The molecule has 1 saturated carbocycles.